The van der Waals surface area contributed by atoms with Crippen LogP contribution in [0.3, 0.4) is 0 Å². The van der Waals surface area contributed by atoms with E-state index in [1.54, 1.807) is 36.2 Å². The number of cyclic esters (lactones) is 1. The summed E-state index contributed by atoms with van der Waals surface area (Å²) in [6.07, 6.45) is 7.13. The van der Waals surface area contributed by atoms with Crippen LogP contribution in [0.4, 0.5) is 0 Å². The van der Waals surface area contributed by atoms with Crippen molar-refractivity contribution in [2.45, 2.75) is 96.2 Å². The number of nitrogens with zero attached hydrogens (tertiary/aromatic N) is 2. The number of nitrogens with one attached hydrogen (secondary N) is 2. The summed E-state index contributed by atoms with van der Waals surface area (Å²) in [5, 5.41) is 5.94. The normalized spacial score (nSPS) is 22.9. The first-order valence-electron chi connectivity index (χ1n) is 17.7. The third-order valence-corrected chi connectivity index (χ3v) is 9.13. The van der Waals surface area contributed by atoms with Crippen molar-refractivity contribution in [3.05, 3.63) is 65.7 Å². The molecule has 0 bridgehead atoms. The minimum Gasteiger partial charge on any atom is -0.481 e. The van der Waals surface area contributed by atoms with Crippen LogP contribution in [-0.2, 0) is 30.3 Å². The summed E-state index contributed by atoms with van der Waals surface area (Å²) in [5.74, 6) is -1.65. The number of hydrogen-bond donors (Lipinski definition) is 2. The van der Waals surface area contributed by atoms with Gasteiger partial charge in [-0.05, 0) is 55.7 Å². The predicted molar refractivity (Wildman–Crippen MR) is 186 cm³/mol. The predicted octanol–water partition coefficient (Wildman–Crippen LogP) is 4.28. The van der Waals surface area contributed by atoms with E-state index in [9.17, 15) is 24.0 Å². The van der Waals surface area contributed by atoms with Crippen molar-refractivity contribution in [3.8, 4) is 5.75 Å². The Bertz CT molecular complexity index is 1420. The molecule has 2 N–H and O–H groups in total. The highest BCUT2D eigenvalue weighted by molar-refractivity contribution is 6.00. The number of carbonyl (C=O) groups is 5. The monoisotopic (exact) mass is 676 g/mol. The lowest BCUT2D eigenvalue weighted by Crippen LogP contribution is -2.57. The molecule has 11 heteroatoms. The fourth-order valence-electron chi connectivity index (χ4n) is 6.46. The van der Waals surface area contributed by atoms with E-state index in [1.165, 1.54) is 4.90 Å². The van der Waals surface area contributed by atoms with Crippen LogP contribution < -0.4 is 15.4 Å². The first-order chi connectivity index (χ1) is 23.7. The van der Waals surface area contributed by atoms with Gasteiger partial charge in [0.1, 0.15) is 23.9 Å². The third kappa shape index (κ3) is 11.1. The van der Waals surface area contributed by atoms with Crippen molar-refractivity contribution in [1.82, 2.24) is 20.4 Å². The van der Waals surface area contributed by atoms with E-state index in [-0.39, 0.29) is 48.2 Å². The van der Waals surface area contributed by atoms with Gasteiger partial charge in [0.25, 0.3) is 5.91 Å². The van der Waals surface area contributed by atoms with E-state index in [0.29, 0.717) is 38.8 Å². The Morgan fingerprint density at radius 1 is 0.816 bits per heavy atom. The van der Waals surface area contributed by atoms with Gasteiger partial charge in [-0.15, -0.1) is 0 Å². The van der Waals surface area contributed by atoms with Crippen LogP contribution >= 0.6 is 0 Å². The number of hydrogen-bond acceptors (Lipinski definition) is 7. The van der Waals surface area contributed by atoms with Gasteiger partial charge >= 0.3 is 5.97 Å². The molecular formula is C38H52N4O7. The molecule has 0 spiro atoms. The van der Waals surface area contributed by atoms with Crippen molar-refractivity contribution in [2.75, 3.05) is 33.4 Å². The molecule has 49 heavy (non-hydrogen) atoms. The summed E-state index contributed by atoms with van der Waals surface area (Å²) in [7, 11) is 1.64. The Morgan fingerprint density at radius 2 is 1.51 bits per heavy atom. The molecule has 4 rings (SSSR count). The molecule has 0 aliphatic carbocycles. The quantitative estimate of drug-likeness (QED) is 0.462. The van der Waals surface area contributed by atoms with E-state index in [4.69, 9.17) is 9.47 Å². The van der Waals surface area contributed by atoms with E-state index < -0.39 is 30.0 Å². The smallest absolute Gasteiger partial charge is 0.344 e. The van der Waals surface area contributed by atoms with E-state index in [0.717, 1.165) is 44.1 Å². The van der Waals surface area contributed by atoms with Crippen molar-refractivity contribution < 1.29 is 33.4 Å². The number of benzene rings is 2. The number of carbonyl (C=O) groups excluding carboxylic acids is 5. The lowest BCUT2D eigenvalue weighted by atomic mass is 10.0. The summed E-state index contributed by atoms with van der Waals surface area (Å²) >= 11 is 0. The molecule has 4 amide bonds. The number of para-hydroxylation sites is 1. The Labute approximate surface area is 290 Å². The molecular weight excluding hydrogens is 624 g/mol. The molecule has 0 saturated carbocycles. The summed E-state index contributed by atoms with van der Waals surface area (Å²) < 4.78 is 11.0. The Morgan fingerprint density at radius 3 is 2.27 bits per heavy atom. The van der Waals surface area contributed by atoms with Crippen LogP contribution in [0.25, 0.3) is 0 Å². The summed E-state index contributed by atoms with van der Waals surface area (Å²) in [6, 6.07) is 13.8. The van der Waals surface area contributed by atoms with Gasteiger partial charge in [-0.2, -0.15) is 0 Å². The van der Waals surface area contributed by atoms with Crippen LogP contribution in [0.15, 0.2) is 54.6 Å². The largest absolute Gasteiger partial charge is 0.481 e. The Hall–Kier alpha value is -4.41. The second-order valence-electron chi connectivity index (χ2n) is 13.4. The van der Waals surface area contributed by atoms with Gasteiger partial charge in [-0.1, -0.05) is 82.0 Å². The molecule has 1 saturated heterocycles. The molecule has 2 aromatic rings. The van der Waals surface area contributed by atoms with E-state index >= 15 is 0 Å². The first-order valence-corrected chi connectivity index (χ1v) is 17.7. The summed E-state index contributed by atoms with van der Waals surface area (Å²) in [5.41, 5.74) is 1.12. The number of esters is 1. The second kappa shape index (κ2) is 19.0. The van der Waals surface area contributed by atoms with Crippen molar-refractivity contribution in [3.63, 3.8) is 0 Å². The zero-order chi connectivity index (χ0) is 35.2. The SMILES string of the molecule is CC(C)C[C@H]1NC(=O)c2ccccc2OCC(=O)OCCCCCCCCNC(=O)[C@H](Cc2ccccc2)N(C)C(=O)[C@H]2CCCN2C1=O. The Balaban J connectivity index is 1.59. The fourth-order valence-corrected chi connectivity index (χ4v) is 6.46. The van der Waals surface area contributed by atoms with Crippen LogP contribution in [-0.4, -0.2) is 90.9 Å². The average Bonchev–Trinajstić information content (AvgIpc) is 3.59. The molecule has 0 radical (unpaired) electrons. The molecule has 0 aromatic heterocycles. The number of rotatable bonds is 4. The third-order valence-electron chi connectivity index (χ3n) is 9.13. The number of amides is 4. The topological polar surface area (TPSA) is 134 Å². The molecule has 3 atom stereocenters. The maximum absolute atomic E-state index is 14.2. The van der Waals surface area contributed by atoms with Gasteiger partial charge in [-0.25, -0.2) is 4.79 Å². The molecule has 2 aromatic carbocycles. The summed E-state index contributed by atoms with van der Waals surface area (Å²) in [6.45, 7) is 4.72. The number of likely N-dealkylation sites (N-methyl/N-ethyl adjacent to an activating group) is 1. The highest BCUT2D eigenvalue weighted by Crippen LogP contribution is 2.24. The fraction of sp³-hybridized carbons (Fsp3) is 0.553. The van der Waals surface area contributed by atoms with Gasteiger partial charge in [-0.3, -0.25) is 19.2 Å². The van der Waals surface area contributed by atoms with Crippen molar-refractivity contribution in [2.24, 2.45) is 5.92 Å². The molecule has 2 heterocycles. The minimum atomic E-state index is -0.901. The van der Waals surface area contributed by atoms with Gasteiger partial charge in [0, 0.05) is 26.6 Å². The number of ether oxygens (including phenoxy) is 2. The highest BCUT2D eigenvalue weighted by atomic mass is 16.6. The van der Waals surface area contributed by atoms with Gasteiger partial charge in [0.05, 0.1) is 12.2 Å². The van der Waals surface area contributed by atoms with Crippen molar-refractivity contribution in [1.29, 1.82) is 0 Å². The lowest BCUT2D eigenvalue weighted by molar-refractivity contribution is -0.147. The lowest BCUT2D eigenvalue weighted by Gasteiger charge is -2.34. The van der Waals surface area contributed by atoms with E-state index in [2.05, 4.69) is 10.6 Å². The van der Waals surface area contributed by atoms with Gasteiger partial charge in [0.15, 0.2) is 6.61 Å². The zero-order valence-corrected chi connectivity index (χ0v) is 29.2. The molecule has 2 aliphatic rings. The molecule has 1 fully saturated rings. The molecule has 266 valence electrons. The standard InChI is InChI=1S/C38H52N4O7/c1-27(2)24-30-37(46)42-22-15-19-31(42)38(47)41(3)32(25-28-16-9-8-10-17-28)36(45)39-21-13-6-4-5-7-14-23-48-34(43)26-49-33-20-12-11-18-29(33)35(44)40-30/h8-12,16-18,20,27,30-32H,4-7,13-15,19,21-26H2,1-3H3,(H,39,45)(H,40,44)/t30-,31-,32+/m1/s1. The maximum Gasteiger partial charge on any atom is 0.344 e. The van der Waals surface area contributed by atoms with Crippen LogP contribution in [0.2, 0.25) is 0 Å². The first kappa shape index (κ1) is 37.4. The van der Waals surface area contributed by atoms with Crippen LogP contribution in [0.1, 0.15) is 87.6 Å². The molecule has 11 nitrogen and oxygen atoms in total. The van der Waals surface area contributed by atoms with E-state index in [1.807, 2.05) is 44.2 Å². The van der Waals surface area contributed by atoms with Crippen LogP contribution in [0.5, 0.6) is 5.75 Å². The maximum atomic E-state index is 14.2. The minimum absolute atomic E-state index is 0.0601. The van der Waals surface area contributed by atoms with Gasteiger partial charge in [0.2, 0.25) is 17.7 Å². The van der Waals surface area contributed by atoms with Crippen molar-refractivity contribution >= 4 is 29.6 Å². The van der Waals surface area contributed by atoms with Gasteiger partial charge < -0.3 is 29.9 Å². The van der Waals surface area contributed by atoms with Crippen LogP contribution in [0, 0.1) is 5.92 Å². The average molecular weight is 677 g/mol. The highest BCUT2D eigenvalue weighted by Gasteiger charge is 2.41. The second-order valence-corrected chi connectivity index (χ2v) is 13.4. The zero-order valence-electron chi connectivity index (χ0n) is 29.2. The number of fused-ring (bicyclic) bond motifs is 2. The molecule has 0 unspecified atom stereocenters. The molecule has 2 aliphatic heterocycles. The Kier molecular flexibility index (Phi) is 14.5. The summed E-state index contributed by atoms with van der Waals surface area (Å²) in [4.78, 5) is 71.0.